The number of likely N-dealkylation sites (N-methyl/N-ethyl adjacent to an activating group) is 1. The quantitative estimate of drug-likeness (QED) is 0.727. The number of carbonyl (C=O) groups excluding carboxylic acids is 1. The summed E-state index contributed by atoms with van der Waals surface area (Å²) in [7, 11) is 3.29. The van der Waals surface area contributed by atoms with Crippen LogP contribution in [0.3, 0.4) is 0 Å². The SMILES string of the molecule is CCN(CC)C(=O)CN1CCc2cc(OC)c(OC)cc2C1c1cccc(N)c1. The Morgan fingerprint density at radius 3 is 2.45 bits per heavy atom. The summed E-state index contributed by atoms with van der Waals surface area (Å²) in [6.45, 7) is 6.62. The highest BCUT2D eigenvalue weighted by Crippen LogP contribution is 2.41. The highest BCUT2D eigenvalue weighted by Gasteiger charge is 2.32. The van der Waals surface area contributed by atoms with Gasteiger partial charge in [0.2, 0.25) is 5.91 Å². The first-order valence-electron chi connectivity index (χ1n) is 10.1. The molecule has 0 fully saturated rings. The van der Waals surface area contributed by atoms with Crippen molar-refractivity contribution in [3.63, 3.8) is 0 Å². The number of rotatable bonds is 7. The number of carbonyl (C=O) groups is 1. The van der Waals surface area contributed by atoms with Gasteiger partial charge in [-0.15, -0.1) is 0 Å². The van der Waals surface area contributed by atoms with Crippen LogP contribution in [0.25, 0.3) is 0 Å². The third kappa shape index (κ3) is 4.32. The molecule has 0 radical (unpaired) electrons. The van der Waals surface area contributed by atoms with E-state index in [-0.39, 0.29) is 11.9 Å². The van der Waals surface area contributed by atoms with E-state index in [9.17, 15) is 4.79 Å². The molecule has 0 aliphatic carbocycles. The molecule has 1 amide bonds. The Kier molecular flexibility index (Phi) is 6.64. The van der Waals surface area contributed by atoms with Gasteiger partial charge in [-0.05, 0) is 61.2 Å². The van der Waals surface area contributed by atoms with E-state index in [4.69, 9.17) is 15.2 Å². The van der Waals surface area contributed by atoms with Crippen molar-refractivity contribution in [3.05, 3.63) is 53.1 Å². The number of hydrogen-bond donors (Lipinski definition) is 1. The molecule has 1 atom stereocenters. The average Bonchev–Trinajstić information content (AvgIpc) is 2.73. The molecule has 6 nitrogen and oxygen atoms in total. The number of anilines is 1. The molecule has 0 saturated carbocycles. The van der Waals surface area contributed by atoms with E-state index >= 15 is 0 Å². The number of nitrogen functional groups attached to an aromatic ring is 1. The van der Waals surface area contributed by atoms with Crippen molar-refractivity contribution >= 4 is 11.6 Å². The smallest absolute Gasteiger partial charge is 0.236 e. The Morgan fingerprint density at radius 2 is 1.83 bits per heavy atom. The fourth-order valence-corrected chi connectivity index (χ4v) is 4.14. The largest absolute Gasteiger partial charge is 0.493 e. The summed E-state index contributed by atoms with van der Waals surface area (Å²) in [6, 6.07) is 11.9. The molecule has 0 saturated heterocycles. The van der Waals surface area contributed by atoms with E-state index in [1.54, 1.807) is 14.2 Å². The van der Waals surface area contributed by atoms with Gasteiger partial charge in [0, 0.05) is 25.3 Å². The molecular formula is C23H31N3O3. The number of nitrogens with two attached hydrogens (primary N) is 1. The van der Waals surface area contributed by atoms with Crippen LogP contribution >= 0.6 is 0 Å². The molecule has 1 heterocycles. The molecule has 2 aromatic carbocycles. The zero-order valence-corrected chi connectivity index (χ0v) is 17.8. The van der Waals surface area contributed by atoms with Crippen LogP contribution in [0.5, 0.6) is 11.5 Å². The van der Waals surface area contributed by atoms with Crippen LogP contribution in [0.2, 0.25) is 0 Å². The summed E-state index contributed by atoms with van der Waals surface area (Å²) >= 11 is 0. The number of amides is 1. The van der Waals surface area contributed by atoms with Gasteiger partial charge in [-0.3, -0.25) is 9.69 Å². The van der Waals surface area contributed by atoms with Gasteiger partial charge in [-0.1, -0.05) is 12.1 Å². The second-order valence-electron chi connectivity index (χ2n) is 7.27. The molecule has 0 aromatic heterocycles. The second kappa shape index (κ2) is 9.18. The van der Waals surface area contributed by atoms with E-state index in [0.717, 1.165) is 29.8 Å². The van der Waals surface area contributed by atoms with Gasteiger partial charge in [0.05, 0.1) is 26.8 Å². The lowest BCUT2D eigenvalue weighted by molar-refractivity contribution is -0.132. The molecule has 6 heteroatoms. The zero-order chi connectivity index (χ0) is 21.0. The topological polar surface area (TPSA) is 68.0 Å². The maximum absolute atomic E-state index is 12.9. The Labute approximate surface area is 173 Å². The van der Waals surface area contributed by atoms with E-state index < -0.39 is 0 Å². The van der Waals surface area contributed by atoms with Gasteiger partial charge in [-0.2, -0.15) is 0 Å². The Balaban J connectivity index is 2.06. The van der Waals surface area contributed by atoms with E-state index in [1.807, 2.05) is 43.0 Å². The van der Waals surface area contributed by atoms with Gasteiger partial charge in [0.25, 0.3) is 0 Å². The second-order valence-corrected chi connectivity index (χ2v) is 7.27. The number of nitrogens with zero attached hydrogens (tertiary/aromatic N) is 2. The number of ether oxygens (including phenoxy) is 2. The lowest BCUT2D eigenvalue weighted by Gasteiger charge is -2.38. The molecular weight excluding hydrogens is 366 g/mol. The highest BCUT2D eigenvalue weighted by molar-refractivity contribution is 5.78. The summed E-state index contributed by atoms with van der Waals surface area (Å²) in [5.41, 5.74) is 10.2. The Bertz CT molecular complexity index is 864. The van der Waals surface area contributed by atoms with Crippen molar-refractivity contribution < 1.29 is 14.3 Å². The van der Waals surface area contributed by atoms with E-state index in [0.29, 0.717) is 31.1 Å². The van der Waals surface area contributed by atoms with Crippen molar-refractivity contribution in [3.8, 4) is 11.5 Å². The van der Waals surface area contributed by atoms with Crippen LogP contribution in [0.15, 0.2) is 36.4 Å². The number of fused-ring (bicyclic) bond motifs is 1. The summed E-state index contributed by atoms with van der Waals surface area (Å²) < 4.78 is 11.1. The van der Waals surface area contributed by atoms with Crippen molar-refractivity contribution in [2.45, 2.75) is 26.3 Å². The minimum absolute atomic E-state index is 0.0680. The first-order valence-corrected chi connectivity index (χ1v) is 10.1. The lowest BCUT2D eigenvalue weighted by Crippen LogP contribution is -2.44. The number of benzene rings is 2. The monoisotopic (exact) mass is 397 g/mol. The molecule has 0 bridgehead atoms. The summed E-state index contributed by atoms with van der Waals surface area (Å²) in [6.07, 6.45) is 0.847. The molecule has 1 aliphatic heterocycles. The first kappa shape index (κ1) is 21.0. The fraction of sp³-hybridized carbons (Fsp3) is 0.435. The van der Waals surface area contributed by atoms with Crippen LogP contribution < -0.4 is 15.2 Å². The van der Waals surface area contributed by atoms with Gasteiger partial charge in [-0.25, -0.2) is 0 Å². The van der Waals surface area contributed by atoms with Crippen molar-refractivity contribution in [1.82, 2.24) is 9.80 Å². The highest BCUT2D eigenvalue weighted by atomic mass is 16.5. The third-order valence-electron chi connectivity index (χ3n) is 5.65. The van der Waals surface area contributed by atoms with Crippen LogP contribution in [-0.4, -0.2) is 56.1 Å². The van der Waals surface area contributed by atoms with Crippen LogP contribution in [0.1, 0.15) is 36.6 Å². The first-order chi connectivity index (χ1) is 14.0. The molecule has 29 heavy (non-hydrogen) atoms. The lowest BCUT2D eigenvalue weighted by atomic mass is 9.87. The summed E-state index contributed by atoms with van der Waals surface area (Å²) in [4.78, 5) is 17.0. The standard InChI is InChI=1S/C23H31N3O3/c1-5-25(6-2)22(27)15-26-11-10-16-13-20(28-3)21(29-4)14-19(16)23(26)17-8-7-9-18(24)12-17/h7-9,12-14,23H,5-6,10-11,15,24H2,1-4H3. The van der Waals surface area contributed by atoms with Gasteiger partial charge < -0.3 is 20.1 Å². The molecule has 3 rings (SSSR count). The minimum Gasteiger partial charge on any atom is -0.493 e. The zero-order valence-electron chi connectivity index (χ0n) is 17.8. The third-order valence-corrected chi connectivity index (χ3v) is 5.65. The predicted molar refractivity (Wildman–Crippen MR) is 115 cm³/mol. The maximum atomic E-state index is 12.9. The number of hydrogen-bond acceptors (Lipinski definition) is 5. The van der Waals surface area contributed by atoms with E-state index in [1.165, 1.54) is 5.56 Å². The van der Waals surface area contributed by atoms with Gasteiger partial charge in [0.15, 0.2) is 11.5 Å². The van der Waals surface area contributed by atoms with Crippen molar-refractivity contribution in [2.75, 3.05) is 46.1 Å². The molecule has 1 aliphatic rings. The molecule has 1 unspecified atom stereocenters. The van der Waals surface area contributed by atoms with Crippen LogP contribution in [0.4, 0.5) is 5.69 Å². The molecule has 156 valence electrons. The predicted octanol–water partition coefficient (Wildman–Crippen LogP) is 3.10. The van der Waals surface area contributed by atoms with Gasteiger partial charge in [0.1, 0.15) is 0 Å². The fourth-order valence-electron chi connectivity index (χ4n) is 4.14. The molecule has 2 aromatic rings. The van der Waals surface area contributed by atoms with Crippen molar-refractivity contribution in [1.29, 1.82) is 0 Å². The molecule has 0 spiro atoms. The van der Waals surface area contributed by atoms with Gasteiger partial charge >= 0.3 is 0 Å². The minimum atomic E-state index is -0.0680. The summed E-state index contributed by atoms with van der Waals surface area (Å²) in [5, 5.41) is 0. The number of methoxy groups -OCH3 is 2. The molecule has 2 N–H and O–H groups in total. The van der Waals surface area contributed by atoms with Crippen LogP contribution in [-0.2, 0) is 11.2 Å². The van der Waals surface area contributed by atoms with E-state index in [2.05, 4.69) is 17.0 Å². The van der Waals surface area contributed by atoms with Crippen molar-refractivity contribution in [2.24, 2.45) is 0 Å². The Morgan fingerprint density at radius 1 is 1.14 bits per heavy atom. The van der Waals surface area contributed by atoms with Crippen LogP contribution in [0, 0.1) is 0 Å². The average molecular weight is 398 g/mol. The Hall–Kier alpha value is -2.73. The summed E-state index contributed by atoms with van der Waals surface area (Å²) in [5.74, 6) is 1.56. The maximum Gasteiger partial charge on any atom is 0.236 e. The normalized spacial score (nSPS) is 16.2.